The lowest BCUT2D eigenvalue weighted by Crippen LogP contribution is -2.31. The molecule has 1 fully saturated rings. The van der Waals surface area contributed by atoms with E-state index in [0.29, 0.717) is 0 Å². The van der Waals surface area contributed by atoms with Gasteiger partial charge in [0.1, 0.15) is 0 Å². The molecule has 0 aromatic carbocycles. The Morgan fingerprint density at radius 1 is 1.40 bits per heavy atom. The van der Waals surface area contributed by atoms with Crippen LogP contribution in [-0.2, 0) is 4.57 Å². The Balaban J connectivity index is 2.46. The van der Waals surface area contributed by atoms with Crippen molar-refractivity contribution in [1.29, 1.82) is 0 Å². The van der Waals surface area contributed by atoms with Crippen LogP contribution >= 0.6 is 7.14 Å². The van der Waals surface area contributed by atoms with Gasteiger partial charge >= 0.3 is 0 Å². The van der Waals surface area contributed by atoms with E-state index in [1.54, 1.807) is 0 Å². The zero-order valence-corrected chi connectivity index (χ0v) is 7.73. The first-order valence-corrected chi connectivity index (χ1v) is 6.18. The first-order chi connectivity index (χ1) is 4.66. The summed E-state index contributed by atoms with van der Waals surface area (Å²) >= 11 is 0. The van der Waals surface area contributed by atoms with Crippen LogP contribution in [0, 0.1) is 0 Å². The summed E-state index contributed by atoms with van der Waals surface area (Å²) in [6.07, 6.45) is 2.79. The summed E-state index contributed by atoms with van der Waals surface area (Å²) in [5.74, 6) is 0. The van der Waals surface area contributed by atoms with E-state index in [9.17, 15) is 4.57 Å². The van der Waals surface area contributed by atoms with Gasteiger partial charge in [0, 0.05) is 25.4 Å². The minimum Gasteiger partial charge on any atom is -0.323 e. The van der Waals surface area contributed by atoms with E-state index in [0.717, 1.165) is 31.6 Å². The quantitative estimate of drug-likeness (QED) is 0.540. The van der Waals surface area contributed by atoms with E-state index in [4.69, 9.17) is 0 Å². The molecule has 0 unspecified atom stereocenters. The molecule has 1 rings (SSSR count). The van der Waals surface area contributed by atoms with E-state index < -0.39 is 7.14 Å². The maximum atomic E-state index is 11.7. The Morgan fingerprint density at radius 2 is 1.90 bits per heavy atom. The predicted molar refractivity (Wildman–Crippen MR) is 45.4 cm³/mol. The zero-order chi connectivity index (χ0) is 7.61. The normalized spacial score (nSPS) is 26.6. The van der Waals surface area contributed by atoms with E-state index in [1.807, 2.05) is 6.92 Å². The van der Waals surface area contributed by atoms with Crippen LogP contribution in [-0.4, -0.2) is 43.5 Å². The van der Waals surface area contributed by atoms with Gasteiger partial charge in [0.15, 0.2) is 0 Å². The second-order valence-corrected chi connectivity index (χ2v) is 6.77. The summed E-state index contributed by atoms with van der Waals surface area (Å²) < 4.78 is 11.7. The molecule has 0 aliphatic carbocycles. The summed E-state index contributed by atoms with van der Waals surface area (Å²) in [5.41, 5.74) is 0. The highest BCUT2D eigenvalue weighted by atomic mass is 31.2. The average Bonchev–Trinajstić information content (AvgIpc) is 1.96. The van der Waals surface area contributed by atoms with Crippen molar-refractivity contribution in [3.8, 4) is 0 Å². The van der Waals surface area contributed by atoms with Gasteiger partial charge in [0.05, 0.1) is 7.14 Å². The first kappa shape index (κ1) is 8.29. The minimum atomic E-state index is -1.67. The van der Waals surface area contributed by atoms with Gasteiger partial charge in [-0.1, -0.05) is 6.92 Å². The van der Waals surface area contributed by atoms with Crippen LogP contribution < -0.4 is 0 Å². The van der Waals surface area contributed by atoms with Crippen LogP contribution in [0.5, 0.6) is 0 Å². The number of hydrogen-bond donors (Lipinski definition) is 0. The van der Waals surface area contributed by atoms with Crippen LogP contribution in [0.1, 0.15) is 6.92 Å². The van der Waals surface area contributed by atoms with Crippen molar-refractivity contribution in [1.82, 2.24) is 4.90 Å². The SMILES string of the molecule is CCP1(=O)CCN(C)CC1. The molecular formula is C7H16NOP. The Bertz CT molecular complexity index is 146. The molecule has 0 radical (unpaired) electrons. The highest BCUT2D eigenvalue weighted by Crippen LogP contribution is 2.46. The van der Waals surface area contributed by atoms with Crippen molar-refractivity contribution in [3.05, 3.63) is 0 Å². The number of rotatable bonds is 1. The lowest BCUT2D eigenvalue weighted by Gasteiger charge is -2.28. The molecule has 1 aliphatic heterocycles. The second-order valence-electron chi connectivity index (χ2n) is 3.12. The molecule has 0 atom stereocenters. The van der Waals surface area contributed by atoms with Crippen molar-refractivity contribution < 1.29 is 4.57 Å². The summed E-state index contributed by atoms with van der Waals surface area (Å²) in [5, 5.41) is 0. The van der Waals surface area contributed by atoms with Gasteiger partial charge in [0.2, 0.25) is 0 Å². The molecule has 0 spiro atoms. The topological polar surface area (TPSA) is 20.3 Å². The molecule has 60 valence electrons. The van der Waals surface area contributed by atoms with Crippen molar-refractivity contribution in [2.75, 3.05) is 38.6 Å². The monoisotopic (exact) mass is 161 g/mol. The molecule has 0 aromatic heterocycles. The smallest absolute Gasteiger partial charge is 0.0899 e. The molecule has 0 saturated carbocycles. The Labute approximate surface area is 63.0 Å². The van der Waals surface area contributed by atoms with Gasteiger partial charge in [-0.25, -0.2) is 0 Å². The number of hydrogen-bond acceptors (Lipinski definition) is 2. The molecule has 1 saturated heterocycles. The zero-order valence-electron chi connectivity index (χ0n) is 6.84. The Hall–Kier alpha value is 0.190. The van der Waals surface area contributed by atoms with Gasteiger partial charge in [0.25, 0.3) is 0 Å². The van der Waals surface area contributed by atoms with Crippen LogP contribution in [0.3, 0.4) is 0 Å². The van der Waals surface area contributed by atoms with E-state index >= 15 is 0 Å². The maximum absolute atomic E-state index is 11.7. The third kappa shape index (κ3) is 1.83. The van der Waals surface area contributed by atoms with Gasteiger partial charge < -0.3 is 9.46 Å². The minimum absolute atomic E-state index is 0.904. The van der Waals surface area contributed by atoms with Crippen molar-refractivity contribution in [2.45, 2.75) is 6.92 Å². The highest BCUT2D eigenvalue weighted by Gasteiger charge is 2.24. The van der Waals surface area contributed by atoms with Crippen LogP contribution in [0.15, 0.2) is 0 Å². The van der Waals surface area contributed by atoms with Gasteiger partial charge in [-0.05, 0) is 13.2 Å². The lowest BCUT2D eigenvalue weighted by atomic mass is 10.6. The third-order valence-corrected chi connectivity index (χ3v) is 5.54. The fourth-order valence-corrected chi connectivity index (χ4v) is 3.51. The average molecular weight is 161 g/mol. The third-order valence-electron chi connectivity index (χ3n) is 2.35. The Morgan fingerprint density at radius 3 is 2.30 bits per heavy atom. The second kappa shape index (κ2) is 3.06. The standard InChI is InChI=1S/C7H16NOP/c1-3-10(9)6-4-8(2)5-7-10/h3-7H2,1-2H3. The molecule has 3 heteroatoms. The first-order valence-electron chi connectivity index (χ1n) is 3.92. The molecule has 2 nitrogen and oxygen atoms in total. The molecule has 10 heavy (non-hydrogen) atoms. The van der Waals surface area contributed by atoms with Crippen LogP contribution in [0.2, 0.25) is 0 Å². The van der Waals surface area contributed by atoms with Gasteiger partial charge in [-0.2, -0.15) is 0 Å². The number of nitrogens with zero attached hydrogens (tertiary/aromatic N) is 1. The Kier molecular flexibility index (Phi) is 2.54. The van der Waals surface area contributed by atoms with Crippen LogP contribution in [0.25, 0.3) is 0 Å². The highest BCUT2D eigenvalue weighted by molar-refractivity contribution is 7.64. The molecular weight excluding hydrogens is 145 g/mol. The lowest BCUT2D eigenvalue weighted by molar-refractivity contribution is 0.360. The molecule has 0 N–H and O–H groups in total. The van der Waals surface area contributed by atoms with E-state index in [2.05, 4.69) is 11.9 Å². The van der Waals surface area contributed by atoms with E-state index in [1.165, 1.54) is 0 Å². The summed E-state index contributed by atoms with van der Waals surface area (Å²) in [7, 11) is 0.423. The fraction of sp³-hybridized carbons (Fsp3) is 1.00. The largest absolute Gasteiger partial charge is 0.323 e. The molecule has 1 heterocycles. The molecule has 1 aliphatic rings. The van der Waals surface area contributed by atoms with E-state index in [-0.39, 0.29) is 0 Å². The molecule has 0 amide bonds. The summed E-state index contributed by atoms with van der Waals surface area (Å²) in [6.45, 7) is 4.11. The van der Waals surface area contributed by atoms with Crippen molar-refractivity contribution >= 4 is 7.14 Å². The maximum Gasteiger partial charge on any atom is 0.0899 e. The fourth-order valence-electron chi connectivity index (χ4n) is 1.25. The van der Waals surface area contributed by atoms with Gasteiger partial charge in [-0.15, -0.1) is 0 Å². The van der Waals surface area contributed by atoms with Crippen molar-refractivity contribution in [2.24, 2.45) is 0 Å². The van der Waals surface area contributed by atoms with Crippen molar-refractivity contribution in [3.63, 3.8) is 0 Å². The molecule has 0 bridgehead atoms. The van der Waals surface area contributed by atoms with Gasteiger partial charge in [-0.3, -0.25) is 0 Å². The molecule has 0 aromatic rings. The summed E-state index contributed by atoms with van der Waals surface area (Å²) in [4.78, 5) is 2.26. The summed E-state index contributed by atoms with van der Waals surface area (Å²) in [6, 6.07) is 0. The van der Waals surface area contributed by atoms with Crippen LogP contribution in [0.4, 0.5) is 0 Å². The predicted octanol–water partition coefficient (Wildman–Crippen LogP) is 1.31.